The Bertz CT molecular complexity index is 1460. The van der Waals surface area contributed by atoms with Crippen LogP contribution in [0.2, 0.25) is 5.02 Å². The van der Waals surface area contributed by atoms with Crippen molar-refractivity contribution in [3.05, 3.63) is 83.0 Å². The van der Waals surface area contributed by atoms with E-state index in [4.69, 9.17) is 11.6 Å². The average Bonchev–Trinajstić information content (AvgIpc) is 3.41. The molecule has 1 amide bonds. The zero-order valence-electron chi connectivity index (χ0n) is 24.0. The van der Waals surface area contributed by atoms with Crippen LogP contribution >= 0.6 is 11.6 Å². The number of rotatable bonds is 6. The number of aryl methyl sites for hydroxylation is 1. The molecule has 6 nitrogen and oxygen atoms in total. The molecule has 40 heavy (non-hydrogen) atoms. The van der Waals surface area contributed by atoms with Gasteiger partial charge in [0.1, 0.15) is 11.0 Å². The van der Waals surface area contributed by atoms with E-state index in [1.54, 1.807) is 30.5 Å². The number of aromatic nitrogens is 2. The van der Waals surface area contributed by atoms with Gasteiger partial charge in [0.25, 0.3) is 5.91 Å². The lowest BCUT2D eigenvalue weighted by Crippen LogP contribution is -2.20. The highest BCUT2D eigenvalue weighted by Crippen LogP contribution is 2.30. The van der Waals surface area contributed by atoms with Crippen LogP contribution in [0.1, 0.15) is 69.3 Å². The molecule has 1 aliphatic heterocycles. The maximum absolute atomic E-state index is 13.0. The lowest BCUT2D eigenvalue weighted by atomic mass is 10.1. The number of unbranched alkanes of at least 4 members (excludes halogenated alkanes) is 2. The molecule has 1 atom stereocenters. The predicted molar refractivity (Wildman–Crippen MR) is 171 cm³/mol. The smallest absolute Gasteiger partial charge is 0.255 e. The summed E-state index contributed by atoms with van der Waals surface area (Å²) in [5, 5.41) is 4.39. The van der Waals surface area contributed by atoms with Crippen molar-refractivity contribution in [2.45, 2.75) is 60.3 Å². The number of carbonyl (C=O) groups is 1. The number of halogens is 1. The van der Waals surface area contributed by atoms with Crippen LogP contribution in [0.25, 0.3) is 22.3 Å². The SMILES string of the molecule is CC.CCCCC.Cc1cc(N2CCCS2=O)ccc1C(=O)Nc1ccc(Cl)c(-c2ncc3ccccc3n2)c1. The molecule has 4 aromatic rings. The first-order chi connectivity index (χ1) is 19.4. The Morgan fingerprint density at radius 2 is 1.80 bits per heavy atom. The van der Waals surface area contributed by atoms with Gasteiger partial charge in [0.15, 0.2) is 5.82 Å². The van der Waals surface area contributed by atoms with Crippen molar-refractivity contribution in [3.8, 4) is 11.4 Å². The summed E-state index contributed by atoms with van der Waals surface area (Å²) in [6, 6.07) is 18.5. The molecule has 5 rings (SSSR count). The third-order valence-corrected chi connectivity index (χ3v) is 8.18. The molecule has 1 unspecified atom stereocenters. The van der Waals surface area contributed by atoms with Crippen molar-refractivity contribution in [3.63, 3.8) is 0 Å². The molecule has 0 aliphatic carbocycles. The second kappa shape index (κ2) is 15.5. The highest BCUT2D eigenvalue weighted by Gasteiger charge is 2.21. The normalized spacial score (nSPS) is 14.2. The molecule has 1 fully saturated rings. The van der Waals surface area contributed by atoms with E-state index in [0.29, 0.717) is 33.4 Å². The summed E-state index contributed by atoms with van der Waals surface area (Å²) in [6.45, 7) is 11.1. The van der Waals surface area contributed by atoms with E-state index in [1.165, 1.54) is 19.3 Å². The quantitative estimate of drug-likeness (QED) is 0.248. The van der Waals surface area contributed by atoms with Gasteiger partial charge in [-0.05, 0) is 61.4 Å². The topological polar surface area (TPSA) is 75.2 Å². The fourth-order valence-corrected chi connectivity index (χ4v) is 5.76. The zero-order valence-corrected chi connectivity index (χ0v) is 25.6. The van der Waals surface area contributed by atoms with E-state index < -0.39 is 11.0 Å². The standard InChI is InChI=1S/C25H21ClN4O2S.C5H12.C2H6/c1-16-13-19(30-11-4-12-33(30)32)8-9-20(16)25(31)28-18-7-10-22(26)21(14-18)24-27-15-17-5-2-3-6-23(17)29-24;1-3-5-4-2;1-2/h2-3,5-10,13-15H,4,11-12H2,1H3,(H,28,31);3-5H2,1-2H3;1-2H3. The molecule has 0 radical (unpaired) electrons. The fourth-order valence-electron chi connectivity index (χ4n) is 4.28. The van der Waals surface area contributed by atoms with Gasteiger partial charge in [-0.15, -0.1) is 0 Å². The minimum Gasteiger partial charge on any atom is -0.322 e. The highest BCUT2D eigenvalue weighted by molar-refractivity contribution is 7.86. The van der Waals surface area contributed by atoms with Gasteiger partial charge in [0.2, 0.25) is 0 Å². The molecule has 0 bridgehead atoms. The molecule has 8 heteroatoms. The first-order valence-electron chi connectivity index (χ1n) is 14.0. The number of nitrogens with one attached hydrogen (secondary N) is 1. The molecule has 1 N–H and O–H groups in total. The van der Waals surface area contributed by atoms with Crippen molar-refractivity contribution < 1.29 is 9.00 Å². The van der Waals surface area contributed by atoms with Crippen LogP contribution in [-0.2, 0) is 11.0 Å². The monoisotopic (exact) mass is 578 g/mol. The van der Waals surface area contributed by atoms with Gasteiger partial charge in [-0.25, -0.2) is 14.2 Å². The number of amides is 1. The van der Waals surface area contributed by atoms with Crippen molar-refractivity contribution >= 4 is 50.8 Å². The van der Waals surface area contributed by atoms with Crippen LogP contribution in [-0.4, -0.2) is 32.4 Å². The molecule has 0 spiro atoms. The Hall–Kier alpha value is -3.29. The summed E-state index contributed by atoms with van der Waals surface area (Å²) >= 11 is 6.43. The fraction of sp³-hybridized carbons (Fsp3) is 0.344. The van der Waals surface area contributed by atoms with Gasteiger partial charge in [-0.1, -0.05) is 76.8 Å². The first kappa shape index (κ1) is 31.2. The number of benzene rings is 3. The summed E-state index contributed by atoms with van der Waals surface area (Å²) in [5.74, 6) is 0.949. The second-order valence-corrected chi connectivity index (χ2v) is 11.1. The number of hydrogen-bond donors (Lipinski definition) is 1. The summed E-state index contributed by atoms with van der Waals surface area (Å²) in [4.78, 5) is 22.1. The number of para-hydroxylation sites is 1. The number of hydrogen-bond acceptors (Lipinski definition) is 4. The van der Waals surface area contributed by atoms with Crippen LogP contribution in [0, 0.1) is 6.92 Å². The third-order valence-electron chi connectivity index (χ3n) is 6.33. The second-order valence-electron chi connectivity index (χ2n) is 9.24. The molecule has 1 aromatic heterocycles. The number of nitrogens with zero attached hydrogens (tertiary/aromatic N) is 3. The van der Waals surface area contributed by atoms with E-state index in [-0.39, 0.29) is 5.91 Å². The zero-order chi connectivity index (χ0) is 29.1. The molecule has 3 aromatic carbocycles. The molecule has 1 aliphatic rings. The Labute approximate surface area is 245 Å². The molecule has 2 heterocycles. The van der Waals surface area contributed by atoms with E-state index >= 15 is 0 Å². The van der Waals surface area contributed by atoms with Crippen LogP contribution in [0.5, 0.6) is 0 Å². The van der Waals surface area contributed by atoms with Crippen LogP contribution in [0.3, 0.4) is 0 Å². The van der Waals surface area contributed by atoms with Crippen LogP contribution in [0.15, 0.2) is 66.9 Å². The van der Waals surface area contributed by atoms with Gasteiger partial charge in [0, 0.05) is 46.4 Å². The largest absolute Gasteiger partial charge is 0.322 e. The summed E-state index contributed by atoms with van der Waals surface area (Å²) < 4.78 is 14.0. The number of fused-ring (bicyclic) bond motifs is 1. The van der Waals surface area contributed by atoms with Crippen molar-refractivity contribution in [2.75, 3.05) is 21.9 Å². The predicted octanol–water partition coefficient (Wildman–Crippen LogP) is 8.61. The molecule has 0 saturated carbocycles. The van der Waals surface area contributed by atoms with Crippen molar-refractivity contribution in [1.29, 1.82) is 0 Å². The molecule has 1 saturated heterocycles. The van der Waals surface area contributed by atoms with E-state index in [1.807, 2.05) is 61.5 Å². The maximum atomic E-state index is 13.0. The van der Waals surface area contributed by atoms with Crippen LogP contribution in [0.4, 0.5) is 11.4 Å². The van der Waals surface area contributed by atoms with Gasteiger partial charge in [-0.2, -0.15) is 0 Å². The summed E-state index contributed by atoms with van der Waals surface area (Å²) in [6.07, 6.45) is 6.75. The van der Waals surface area contributed by atoms with E-state index in [2.05, 4.69) is 29.1 Å². The Kier molecular flexibility index (Phi) is 12.1. The third kappa shape index (κ3) is 7.89. The van der Waals surface area contributed by atoms with E-state index in [9.17, 15) is 9.00 Å². The highest BCUT2D eigenvalue weighted by atomic mass is 35.5. The molecular formula is C32H39ClN4O2S. The Morgan fingerprint density at radius 3 is 2.45 bits per heavy atom. The number of anilines is 2. The van der Waals surface area contributed by atoms with Gasteiger partial charge >= 0.3 is 0 Å². The van der Waals surface area contributed by atoms with Crippen molar-refractivity contribution in [2.24, 2.45) is 0 Å². The van der Waals surface area contributed by atoms with Gasteiger partial charge < -0.3 is 5.32 Å². The minimum absolute atomic E-state index is 0.228. The van der Waals surface area contributed by atoms with Crippen molar-refractivity contribution in [1.82, 2.24) is 9.97 Å². The Balaban J connectivity index is 0.000000570. The number of carbonyl (C=O) groups excluding carboxylic acids is 1. The lowest BCUT2D eigenvalue weighted by Gasteiger charge is -2.17. The molecular weight excluding hydrogens is 540 g/mol. The van der Waals surface area contributed by atoms with Gasteiger partial charge in [-0.3, -0.25) is 9.10 Å². The Morgan fingerprint density at radius 1 is 1.05 bits per heavy atom. The van der Waals surface area contributed by atoms with Crippen LogP contribution < -0.4 is 9.62 Å². The maximum Gasteiger partial charge on any atom is 0.255 e. The summed E-state index contributed by atoms with van der Waals surface area (Å²) in [7, 11) is -0.992. The van der Waals surface area contributed by atoms with E-state index in [0.717, 1.165) is 35.1 Å². The average molecular weight is 579 g/mol. The minimum atomic E-state index is -0.992. The lowest BCUT2D eigenvalue weighted by molar-refractivity contribution is 0.102. The molecule has 212 valence electrons. The summed E-state index contributed by atoms with van der Waals surface area (Å²) in [5.41, 5.74) is 4.32. The first-order valence-corrected chi connectivity index (χ1v) is 15.7. The van der Waals surface area contributed by atoms with Gasteiger partial charge in [0.05, 0.1) is 10.5 Å².